The Labute approximate surface area is 110 Å². The first kappa shape index (κ1) is 11.6. The monoisotopic (exact) mass is 258 g/mol. The Morgan fingerprint density at radius 2 is 2.16 bits per heavy atom. The molecule has 1 aliphatic heterocycles. The highest BCUT2D eigenvalue weighted by atomic mass is 16.5. The van der Waals surface area contributed by atoms with E-state index in [1.54, 1.807) is 7.11 Å². The molecule has 1 amide bonds. The van der Waals surface area contributed by atoms with Gasteiger partial charge in [-0.3, -0.25) is 0 Å². The molecule has 0 spiro atoms. The largest absolute Gasteiger partial charge is 0.497 e. The number of nitrogens with two attached hydrogens (primary N) is 1. The molecule has 6 heteroatoms. The molecule has 6 nitrogen and oxygen atoms in total. The standard InChI is InChI=1S/C13H14N4O2/c1-19-9-4-2-8(3-5-9)11-10-6-7-15-12(10)17(16-11)13(14)18/h2-5,15H,6-7H2,1H3,(H2,14,18). The molecular formula is C13H14N4O2. The molecule has 3 rings (SSSR count). The first-order valence-electron chi connectivity index (χ1n) is 6.00. The lowest BCUT2D eigenvalue weighted by atomic mass is 10.1. The fraction of sp³-hybridized carbons (Fsp3) is 0.231. The number of carbonyl (C=O) groups is 1. The number of benzene rings is 1. The van der Waals surface area contributed by atoms with E-state index in [4.69, 9.17) is 10.5 Å². The fourth-order valence-corrected chi connectivity index (χ4v) is 2.31. The highest BCUT2D eigenvalue weighted by Gasteiger charge is 2.24. The Kier molecular flexibility index (Phi) is 2.63. The van der Waals surface area contributed by atoms with Crippen molar-refractivity contribution < 1.29 is 9.53 Å². The second-order valence-electron chi connectivity index (χ2n) is 4.33. The van der Waals surface area contributed by atoms with Crippen molar-refractivity contribution in [2.24, 2.45) is 5.73 Å². The van der Waals surface area contributed by atoms with Gasteiger partial charge in [0.25, 0.3) is 0 Å². The van der Waals surface area contributed by atoms with Gasteiger partial charge >= 0.3 is 6.03 Å². The number of nitrogens with one attached hydrogen (secondary N) is 1. The molecule has 2 heterocycles. The van der Waals surface area contributed by atoms with Crippen LogP contribution in [-0.4, -0.2) is 29.5 Å². The van der Waals surface area contributed by atoms with Gasteiger partial charge in [-0.2, -0.15) is 9.78 Å². The van der Waals surface area contributed by atoms with Crippen molar-refractivity contribution in [1.82, 2.24) is 9.78 Å². The smallest absolute Gasteiger partial charge is 0.341 e. The molecule has 98 valence electrons. The molecule has 1 aromatic heterocycles. The highest BCUT2D eigenvalue weighted by Crippen LogP contribution is 2.33. The molecule has 0 fully saturated rings. The van der Waals surface area contributed by atoms with Gasteiger partial charge in [-0.25, -0.2) is 4.79 Å². The number of amides is 1. The van der Waals surface area contributed by atoms with E-state index in [-0.39, 0.29) is 0 Å². The Bertz CT molecular complexity index is 631. The van der Waals surface area contributed by atoms with E-state index in [0.29, 0.717) is 5.82 Å². The lowest BCUT2D eigenvalue weighted by Crippen LogP contribution is -2.22. The van der Waals surface area contributed by atoms with Gasteiger partial charge in [0.05, 0.1) is 12.8 Å². The zero-order valence-corrected chi connectivity index (χ0v) is 10.5. The van der Waals surface area contributed by atoms with Crippen molar-refractivity contribution in [1.29, 1.82) is 0 Å². The maximum atomic E-state index is 11.4. The summed E-state index contributed by atoms with van der Waals surface area (Å²) in [6.45, 7) is 0.795. The molecule has 0 saturated carbocycles. The summed E-state index contributed by atoms with van der Waals surface area (Å²) in [6.07, 6.45) is 0.837. The second-order valence-corrected chi connectivity index (χ2v) is 4.33. The lowest BCUT2D eigenvalue weighted by Gasteiger charge is -2.02. The van der Waals surface area contributed by atoms with Crippen LogP contribution in [0.1, 0.15) is 5.56 Å². The number of aromatic nitrogens is 2. The molecule has 19 heavy (non-hydrogen) atoms. The van der Waals surface area contributed by atoms with E-state index in [0.717, 1.165) is 35.5 Å². The van der Waals surface area contributed by atoms with Crippen LogP contribution in [0, 0.1) is 0 Å². The predicted octanol–water partition coefficient (Wildman–Crippen LogP) is 1.45. The van der Waals surface area contributed by atoms with Crippen molar-refractivity contribution >= 4 is 11.8 Å². The number of fused-ring (bicyclic) bond motifs is 1. The van der Waals surface area contributed by atoms with Crippen molar-refractivity contribution in [2.75, 3.05) is 19.0 Å². The minimum atomic E-state index is -0.578. The highest BCUT2D eigenvalue weighted by molar-refractivity contribution is 5.83. The molecule has 3 N–H and O–H groups in total. The number of nitrogens with zero attached hydrogens (tertiary/aromatic N) is 2. The molecule has 0 atom stereocenters. The van der Waals surface area contributed by atoms with Crippen LogP contribution in [-0.2, 0) is 6.42 Å². The van der Waals surface area contributed by atoms with Crippen LogP contribution in [0.2, 0.25) is 0 Å². The van der Waals surface area contributed by atoms with E-state index in [1.165, 1.54) is 4.68 Å². The number of ether oxygens (including phenoxy) is 1. The molecule has 0 aliphatic carbocycles. The number of carbonyl (C=O) groups excluding carboxylic acids is 1. The average molecular weight is 258 g/mol. The summed E-state index contributed by atoms with van der Waals surface area (Å²) in [7, 11) is 1.62. The summed E-state index contributed by atoms with van der Waals surface area (Å²) in [5.41, 5.74) is 8.09. The average Bonchev–Trinajstić information content (AvgIpc) is 3.00. The van der Waals surface area contributed by atoms with Crippen LogP contribution in [0.25, 0.3) is 11.3 Å². The van der Waals surface area contributed by atoms with Gasteiger partial charge in [-0.15, -0.1) is 0 Å². The third kappa shape index (κ3) is 1.81. The van der Waals surface area contributed by atoms with Gasteiger partial charge in [0.1, 0.15) is 11.6 Å². The minimum Gasteiger partial charge on any atom is -0.497 e. The second kappa shape index (κ2) is 4.31. The molecule has 0 saturated heterocycles. The summed E-state index contributed by atoms with van der Waals surface area (Å²) in [6, 6.07) is 7.00. The first-order chi connectivity index (χ1) is 9.20. The third-order valence-corrected chi connectivity index (χ3v) is 3.22. The van der Waals surface area contributed by atoms with Gasteiger partial charge in [0.15, 0.2) is 0 Å². The summed E-state index contributed by atoms with van der Waals surface area (Å²) < 4.78 is 6.35. The Balaban J connectivity index is 2.09. The molecular weight excluding hydrogens is 244 g/mol. The normalized spacial score (nSPS) is 12.9. The van der Waals surface area contributed by atoms with Crippen LogP contribution in [0.5, 0.6) is 5.75 Å². The number of primary amides is 1. The summed E-state index contributed by atoms with van der Waals surface area (Å²) >= 11 is 0. The molecule has 0 radical (unpaired) electrons. The van der Waals surface area contributed by atoms with Gasteiger partial charge in [0.2, 0.25) is 0 Å². The number of rotatable bonds is 2. The van der Waals surface area contributed by atoms with Crippen LogP contribution >= 0.6 is 0 Å². The molecule has 0 bridgehead atoms. The maximum absolute atomic E-state index is 11.4. The van der Waals surface area contributed by atoms with Gasteiger partial charge in [-0.1, -0.05) is 0 Å². The summed E-state index contributed by atoms with van der Waals surface area (Å²) in [5, 5.41) is 7.43. The Morgan fingerprint density at radius 1 is 1.42 bits per heavy atom. The zero-order valence-electron chi connectivity index (χ0n) is 10.5. The van der Waals surface area contributed by atoms with E-state index in [2.05, 4.69) is 10.4 Å². The van der Waals surface area contributed by atoms with Gasteiger partial charge in [-0.05, 0) is 30.7 Å². The molecule has 1 aliphatic rings. The van der Waals surface area contributed by atoms with Crippen LogP contribution in [0.3, 0.4) is 0 Å². The molecule has 1 aromatic carbocycles. The van der Waals surface area contributed by atoms with Crippen LogP contribution < -0.4 is 15.8 Å². The van der Waals surface area contributed by atoms with E-state index in [9.17, 15) is 4.79 Å². The van der Waals surface area contributed by atoms with Crippen molar-refractivity contribution in [3.63, 3.8) is 0 Å². The van der Waals surface area contributed by atoms with E-state index < -0.39 is 6.03 Å². The van der Waals surface area contributed by atoms with Gasteiger partial charge in [0, 0.05) is 17.7 Å². The summed E-state index contributed by atoms with van der Waals surface area (Å²) in [5.74, 6) is 1.49. The number of hydrogen-bond donors (Lipinski definition) is 2. The molecule has 2 aromatic rings. The maximum Gasteiger partial charge on any atom is 0.341 e. The van der Waals surface area contributed by atoms with E-state index in [1.807, 2.05) is 24.3 Å². The summed E-state index contributed by atoms with van der Waals surface area (Å²) in [4.78, 5) is 11.4. The van der Waals surface area contributed by atoms with Gasteiger partial charge < -0.3 is 15.8 Å². The Hall–Kier alpha value is -2.50. The minimum absolute atomic E-state index is 0.578. The van der Waals surface area contributed by atoms with Crippen LogP contribution in [0.15, 0.2) is 24.3 Å². The zero-order chi connectivity index (χ0) is 13.4. The Morgan fingerprint density at radius 3 is 2.79 bits per heavy atom. The predicted molar refractivity (Wildman–Crippen MR) is 71.4 cm³/mol. The van der Waals surface area contributed by atoms with Crippen molar-refractivity contribution in [3.8, 4) is 17.0 Å². The quantitative estimate of drug-likeness (QED) is 0.854. The molecule has 0 unspecified atom stereocenters. The third-order valence-electron chi connectivity index (χ3n) is 3.22. The number of anilines is 1. The topological polar surface area (TPSA) is 82.2 Å². The van der Waals surface area contributed by atoms with Crippen LogP contribution in [0.4, 0.5) is 10.6 Å². The first-order valence-corrected chi connectivity index (χ1v) is 6.00. The fourth-order valence-electron chi connectivity index (χ4n) is 2.31. The number of methoxy groups -OCH3 is 1. The van der Waals surface area contributed by atoms with Crippen molar-refractivity contribution in [3.05, 3.63) is 29.8 Å². The lowest BCUT2D eigenvalue weighted by molar-refractivity contribution is 0.248. The van der Waals surface area contributed by atoms with E-state index >= 15 is 0 Å². The number of hydrogen-bond acceptors (Lipinski definition) is 4. The SMILES string of the molecule is COc1ccc(-c2nn(C(N)=O)c3c2CCN3)cc1. The van der Waals surface area contributed by atoms with Crippen molar-refractivity contribution in [2.45, 2.75) is 6.42 Å².